The lowest BCUT2D eigenvalue weighted by Gasteiger charge is -2.34. The molecule has 2 rings (SSSR count). The first kappa shape index (κ1) is 10.6. The van der Waals surface area contributed by atoms with Crippen LogP contribution < -0.4 is 5.32 Å². The van der Waals surface area contributed by atoms with E-state index >= 15 is 0 Å². The fourth-order valence-corrected chi connectivity index (χ4v) is 1.89. The van der Waals surface area contributed by atoms with Crippen molar-refractivity contribution in [1.82, 2.24) is 5.32 Å². The van der Waals surface area contributed by atoms with Gasteiger partial charge in [0.25, 0.3) is 0 Å². The molecule has 0 radical (unpaired) electrons. The van der Waals surface area contributed by atoms with Crippen molar-refractivity contribution in [3.8, 4) is 0 Å². The molecule has 0 saturated carbocycles. The third-order valence-corrected chi connectivity index (χ3v) is 2.76. The van der Waals surface area contributed by atoms with Gasteiger partial charge < -0.3 is 10.1 Å². The normalized spacial score (nSPS) is 31.5. The molecule has 3 unspecified atom stereocenters. The van der Waals surface area contributed by atoms with Gasteiger partial charge in [0.2, 0.25) is 0 Å². The summed E-state index contributed by atoms with van der Waals surface area (Å²) in [5.41, 5.74) is 1.03. The Kier molecular flexibility index (Phi) is 3.03. The third kappa shape index (κ3) is 2.36. The second kappa shape index (κ2) is 4.29. The summed E-state index contributed by atoms with van der Waals surface area (Å²) in [6, 6.07) is 6.80. The minimum atomic E-state index is -0.205. The van der Waals surface area contributed by atoms with Crippen LogP contribution in [-0.2, 0) is 4.74 Å². The minimum absolute atomic E-state index is 0.0225. The first-order chi connectivity index (χ1) is 7.16. The maximum absolute atomic E-state index is 12.8. The van der Waals surface area contributed by atoms with Crippen molar-refractivity contribution in [3.05, 3.63) is 35.6 Å². The molecule has 3 heteroatoms. The first-order valence-corrected chi connectivity index (χ1v) is 5.31. The van der Waals surface area contributed by atoms with E-state index in [-0.39, 0.29) is 24.1 Å². The van der Waals surface area contributed by atoms with Crippen molar-refractivity contribution >= 4 is 0 Å². The Balaban J connectivity index is 2.17. The van der Waals surface area contributed by atoms with Gasteiger partial charge in [-0.2, -0.15) is 0 Å². The van der Waals surface area contributed by atoms with Gasteiger partial charge in [0, 0.05) is 12.6 Å². The molecule has 1 heterocycles. The van der Waals surface area contributed by atoms with Crippen LogP contribution in [0.2, 0.25) is 0 Å². The SMILES string of the molecule is CC1CNC(C)C(c2ccc(F)cc2)O1. The van der Waals surface area contributed by atoms with E-state index in [1.54, 1.807) is 12.1 Å². The van der Waals surface area contributed by atoms with Crippen molar-refractivity contribution < 1.29 is 9.13 Å². The molecule has 1 N–H and O–H groups in total. The Morgan fingerprint density at radius 2 is 1.93 bits per heavy atom. The molecule has 1 aromatic carbocycles. The van der Waals surface area contributed by atoms with Gasteiger partial charge in [0.1, 0.15) is 5.82 Å². The quantitative estimate of drug-likeness (QED) is 0.766. The van der Waals surface area contributed by atoms with Gasteiger partial charge in [-0.1, -0.05) is 12.1 Å². The summed E-state index contributed by atoms with van der Waals surface area (Å²) in [7, 11) is 0. The van der Waals surface area contributed by atoms with Crippen molar-refractivity contribution in [2.24, 2.45) is 0 Å². The molecular weight excluding hydrogens is 193 g/mol. The highest BCUT2D eigenvalue weighted by molar-refractivity contribution is 5.20. The molecule has 3 atom stereocenters. The molecular formula is C12H16FNO. The van der Waals surface area contributed by atoms with Gasteiger partial charge in [0.15, 0.2) is 0 Å². The Labute approximate surface area is 89.4 Å². The Bertz CT molecular complexity index is 325. The van der Waals surface area contributed by atoms with Gasteiger partial charge in [-0.3, -0.25) is 0 Å². The summed E-state index contributed by atoms with van der Waals surface area (Å²) < 4.78 is 18.6. The Morgan fingerprint density at radius 1 is 1.27 bits per heavy atom. The van der Waals surface area contributed by atoms with E-state index in [0.717, 1.165) is 12.1 Å². The van der Waals surface area contributed by atoms with Crippen LogP contribution in [0.1, 0.15) is 25.5 Å². The van der Waals surface area contributed by atoms with E-state index in [1.807, 2.05) is 6.92 Å². The summed E-state index contributed by atoms with van der Waals surface area (Å²) in [6.45, 7) is 4.99. The zero-order valence-electron chi connectivity index (χ0n) is 9.03. The number of morpholine rings is 1. The van der Waals surface area contributed by atoms with Gasteiger partial charge >= 0.3 is 0 Å². The second-order valence-electron chi connectivity index (χ2n) is 4.12. The maximum atomic E-state index is 12.8. The Morgan fingerprint density at radius 3 is 2.60 bits per heavy atom. The molecule has 0 aliphatic carbocycles. The summed E-state index contributed by atoms with van der Waals surface area (Å²) in [4.78, 5) is 0. The minimum Gasteiger partial charge on any atom is -0.368 e. The molecule has 1 saturated heterocycles. The van der Waals surface area contributed by atoms with Crippen LogP contribution in [0, 0.1) is 5.82 Å². The van der Waals surface area contributed by atoms with Crippen molar-refractivity contribution in [3.63, 3.8) is 0 Å². The number of hydrogen-bond acceptors (Lipinski definition) is 2. The van der Waals surface area contributed by atoms with Crippen LogP contribution in [0.25, 0.3) is 0 Å². The molecule has 0 aromatic heterocycles. The number of ether oxygens (including phenoxy) is 1. The molecule has 0 amide bonds. The van der Waals surface area contributed by atoms with Crippen molar-refractivity contribution in [2.45, 2.75) is 32.1 Å². The first-order valence-electron chi connectivity index (χ1n) is 5.31. The molecule has 1 aliphatic rings. The van der Waals surface area contributed by atoms with Crippen LogP contribution in [0.3, 0.4) is 0 Å². The standard InChI is InChI=1S/C12H16FNO/c1-8-7-14-9(2)12(15-8)10-3-5-11(13)6-4-10/h3-6,8-9,12,14H,7H2,1-2H3. The van der Waals surface area contributed by atoms with E-state index in [0.29, 0.717) is 0 Å². The molecule has 1 aromatic rings. The van der Waals surface area contributed by atoms with Crippen LogP contribution in [0.15, 0.2) is 24.3 Å². The fraction of sp³-hybridized carbons (Fsp3) is 0.500. The smallest absolute Gasteiger partial charge is 0.123 e. The molecule has 15 heavy (non-hydrogen) atoms. The third-order valence-electron chi connectivity index (χ3n) is 2.76. The van der Waals surface area contributed by atoms with Crippen LogP contribution in [-0.4, -0.2) is 18.7 Å². The maximum Gasteiger partial charge on any atom is 0.123 e. The molecule has 0 spiro atoms. The van der Waals surface area contributed by atoms with E-state index < -0.39 is 0 Å². The average molecular weight is 209 g/mol. The van der Waals surface area contributed by atoms with E-state index in [2.05, 4.69) is 12.2 Å². The number of benzene rings is 1. The van der Waals surface area contributed by atoms with Gasteiger partial charge in [0.05, 0.1) is 12.2 Å². The van der Waals surface area contributed by atoms with Gasteiger partial charge in [-0.15, -0.1) is 0 Å². The largest absolute Gasteiger partial charge is 0.368 e. The number of nitrogens with one attached hydrogen (secondary N) is 1. The highest BCUT2D eigenvalue weighted by Crippen LogP contribution is 2.25. The topological polar surface area (TPSA) is 21.3 Å². The molecule has 82 valence electrons. The van der Waals surface area contributed by atoms with E-state index in [1.165, 1.54) is 12.1 Å². The van der Waals surface area contributed by atoms with E-state index in [9.17, 15) is 4.39 Å². The highest BCUT2D eigenvalue weighted by atomic mass is 19.1. The monoisotopic (exact) mass is 209 g/mol. The summed E-state index contributed by atoms with van der Waals surface area (Å²) in [5, 5.41) is 3.38. The number of halogens is 1. The number of hydrogen-bond donors (Lipinski definition) is 1. The average Bonchev–Trinajstić information content (AvgIpc) is 2.23. The van der Waals surface area contributed by atoms with Crippen molar-refractivity contribution in [1.29, 1.82) is 0 Å². The lowest BCUT2D eigenvalue weighted by Crippen LogP contribution is -2.45. The molecule has 1 fully saturated rings. The predicted octanol–water partition coefficient (Wildman–Crippen LogP) is 2.26. The molecule has 0 bridgehead atoms. The highest BCUT2D eigenvalue weighted by Gasteiger charge is 2.26. The van der Waals surface area contributed by atoms with E-state index in [4.69, 9.17) is 4.74 Å². The van der Waals surface area contributed by atoms with Crippen LogP contribution >= 0.6 is 0 Å². The summed E-state index contributed by atoms with van der Waals surface area (Å²) in [5.74, 6) is -0.205. The predicted molar refractivity (Wildman–Crippen MR) is 57.2 cm³/mol. The summed E-state index contributed by atoms with van der Waals surface area (Å²) in [6.07, 6.45) is 0.227. The van der Waals surface area contributed by atoms with Gasteiger partial charge in [-0.05, 0) is 31.5 Å². The van der Waals surface area contributed by atoms with Crippen LogP contribution in [0.4, 0.5) is 4.39 Å². The summed E-state index contributed by atoms with van der Waals surface area (Å²) >= 11 is 0. The number of rotatable bonds is 1. The van der Waals surface area contributed by atoms with Gasteiger partial charge in [-0.25, -0.2) is 4.39 Å². The van der Waals surface area contributed by atoms with Crippen molar-refractivity contribution in [2.75, 3.05) is 6.54 Å². The zero-order valence-corrected chi connectivity index (χ0v) is 9.03. The lowest BCUT2D eigenvalue weighted by atomic mass is 10.0. The molecule has 2 nitrogen and oxygen atoms in total. The van der Waals surface area contributed by atoms with Crippen LogP contribution in [0.5, 0.6) is 0 Å². The fourth-order valence-electron chi connectivity index (χ4n) is 1.89. The molecule has 1 aliphatic heterocycles. The Hall–Kier alpha value is -0.930. The lowest BCUT2D eigenvalue weighted by molar-refractivity contribution is -0.0520. The second-order valence-corrected chi connectivity index (χ2v) is 4.12. The zero-order chi connectivity index (χ0) is 10.8.